The lowest BCUT2D eigenvalue weighted by molar-refractivity contribution is 0.0696. The molecule has 66 valence electrons. The minimum Gasteiger partial charge on any atom is -0.506 e. The van der Waals surface area contributed by atoms with Crippen LogP contribution < -0.4 is 0 Å². The zero-order valence-corrected chi connectivity index (χ0v) is 7.39. The van der Waals surface area contributed by atoms with Gasteiger partial charge < -0.3 is 10.2 Å². The SMILES string of the molecule is Cl.O=C(O)c1cccc(O)c1Cl. The van der Waals surface area contributed by atoms with Gasteiger partial charge in [-0.3, -0.25) is 0 Å². The van der Waals surface area contributed by atoms with Gasteiger partial charge in [-0.1, -0.05) is 17.7 Å². The molecule has 0 aliphatic heterocycles. The normalized spacial score (nSPS) is 8.75. The van der Waals surface area contributed by atoms with Crippen LogP contribution in [0, 0.1) is 0 Å². The monoisotopic (exact) mass is 208 g/mol. The van der Waals surface area contributed by atoms with Gasteiger partial charge in [0.15, 0.2) is 0 Å². The van der Waals surface area contributed by atoms with E-state index in [0.29, 0.717) is 0 Å². The maximum Gasteiger partial charge on any atom is 0.337 e. The van der Waals surface area contributed by atoms with Crippen molar-refractivity contribution < 1.29 is 15.0 Å². The average Bonchev–Trinajstić information content (AvgIpc) is 1.94. The lowest BCUT2D eigenvalue weighted by atomic mass is 10.2. The van der Waals surface area contributed by atoms with Crippen molar-refractivity contribution in [2.45, 2.75) is 0 Å². The van der Waals surface area contributed by atoms with Crippen molar-refractivity contribution in [2.24, 2.45) is 0 Å². The van der Waals surface area contributed by atoms with E-state index < -0.39 is 5.97 Å². The van der Waals surface area contributed by atoms with Crippen molar-refractivity contribution in [3.05, 3.63) is 28.8 Å². The van der Waals surface area contributed by atoms with E-state index in [0.717, 1.165) is 0 Å². The highest BCUT2D eigenvalue weighted by Gasteiger charge is 2.10. The van der Waals surface area contributed by atoms with Crippen LogP contribution in [-0.4, -0.2) is 16.2 Å². The zero-order chi connectivity index (χ0) is 8.43. The molecule has 0 spiro atoms. The number of aromatic hydroxyl groups is 1. The van der Waals surface area contributed by atoms with Gasteiger partial charge in [0, 0.05) is 0 Å². The Kier molecular flexibility index (Phi) is 3.86. The van der Waals surface area contributed by atoms with Crippen LogP contribution in [0.1, 0.15) is 10.4 Å². The molecule has 0 bridgehead atoms. The smallest absolute Gasteiger partial charge is 0.337 e. The van der Waals surface area contributed by atoms with E-state index in [1.807, 2.05) is 0 Å². The van der Waals surface area contributed by atoms with Crippen LogP contribution in [0.5, 0.6) is 5.75 Å². The van der Waals surface area contributed by atoms with E-state index in [-0.39, 0.29) is 28.7 Å². The van der Waals surface area contributed by atoms with Gasteiger partial charge in [-0.05, 0) is 12.1 Å². The fourth-order valence-corrected chi connectivity index (χ4v) is 0.892. The molecule has 0 atom stereocenters. The summed E-state index contributed by atoms with van der Waals surface area (Å²) in [5, 5.41) is 17.3. The number of aromatic carboxylic acids is 1. The summed E-state index contributed by atoms with van der Waals surface area (Å²) < 4.78 is 0. The van der Waals surface area contributed by atoms with Crippen molar-refractivity contribution in [3.8, 4) is 5.75 Å². The van der Waals surface area contributed by atoms with Gasteiger partial charge in [0.25, 0.3) is 0 Å². The summed E-state index contributed by atoms with van der Waals surface area (Å²) in [7, 11) is 0. The Balaban J connectivity index is 0.00000121. The Hall–Kier alpha value is -0.930. The molecule has 2 N–H and O–H groups in total. The van der Waals surface area contributed by atoms with E-state index in [2.05, 4.69) is 0 Å². The Labute approximate surface area is 80.0 Å². The molecule has 0 unspecified atom stereocenters. The minimum atomic E-state index is -1.15. The summed E-state index contributed by atoms with van der Waals surface area (Å²) in [4.78, 5) is 10.4. The van der Waals surface area contributed by atoms with Crippen molar-refractivity contribution in [3.63, 3.8) is 0 Å². The van der Waals surface area contributed by atoms with Gasteiger partial charge in [0.1, 0.15) is 5.75 Å². The molecule has 0 amide bonds. The van der Waals surface area contributed by atoms with Gasteiger partial charge in [0.2, 0.25) is 0 Å². The maximum absolute atomic E-state index is 10.4. The van der Waals surface area contributed by atoms with Gasteiger partial charge >= 0.3 is 5.97 Å². The molecule has 0 heterocycles. The summed E-state index contributed by atoms with van der Waals surface area (Å²) >= 11 is 5.46. The second-order valence-electron chi connectivity index (χ2n) is 1.94. The number of hydrogen-bond acceptors (Lipinski definition) is 2. The Morgan fingerprint density at radius 3 is 2.42 bits per heavy atom. The van der Waals surface area contributed by atoms with Crippen LogP contribution in [0.3, 0.4) is 0 Å². The quantitative estimate of drug-likeness (QED) is 0.744. The highest BCUT2D eigenvalue weighted by Crippen LogP contribution is 2.26. The second kappa shape index (κ2) is 4.18. The third-order valence-electron chi connectivity index (χ3n) is 1.21. The summed E-state index contributed by atoms with van der Waals surface area (Å²) in [6.07, 6.45) is 0. The first-order chi connectivity index (χ1) is 5.13. The second-order valence-corrected chi connectivity index (χ2v) is 2.32. The molecule has 0 saturated heterocycles. The molecule has 0 saturated carbocycles. The van der Waals surface area contributed by atoms with Crippen LogP contribution in [0.15, 0.2) is 18.2 Å². The molecular formula is C7H6Cl2O3. The fourth-order valence-electron chi connectivity index (χ4n) is 0.685. The molecular weight excluding hydrogens is 203 g/mol. The molecule has 0 aromatic heterocycles. The summed E-state index contributed by atoms with van der Waals surface area (Å²) in [5.41, 5.74) is -0.0910. The van der Waals surface area contributed by atoms with E-state index in [1.54, 1.807) is 0 Å². The van der Waals surface area contributed by atoms with Crippen molar-refractivity contribution in [2.75, 3.05) is 0 Å². The Bertz CT molecular complexity index is 299. The predicted octanol–water partition coefficient (Wildman–Crippen LogP) is 2.17. The number of rotatable bonds is 1. The van der Waals surface area contributed by atoms with E-state index in [4.69, 9.17) is 21.8 Å². The molecule has 3 nitrogen and oxygen atoms in total. The molecule has 0 radical (unpaired) electrons. The van der Waals surface area contributed by atoms with E-state index >= 15 is 0 Å². The molecule has 5 heteroatoms. The van der Waals surface area contributed by atoms with E-state index in [9.17, 15) is 4.79 Å². The highest BCUT2D eigenvalue weighted by molar-refractivity contribution is 6.34. The number of hydrogen-bond donors (Lipinski definition) is 2. The molecule has 1 aromatic carbocycles. The summed E-state index contributed by atoms with van der Waals surface area (Å²) in [6, 6.07) is 4.07. The van der Waals surface area contributed by atoms with Crippen LogP contribution in [0.2, 0.25) is 5.02 Å². The van der Waals surface area contributed by atoms with Gasteiger partial charge in [-0.25, -0.2) is 4.79 Å². The fraction of sp³-hybridized carbons (Fsp3) is 0. The zero-order valence-electron chi connectivity index (χ0n) is 5.82. The van der Waals surface area contributed by atoms with Crippen molar-refractivity contribution >= 4 is 30.0 Å². The Morgan fingerprint density at radius 2 is 2.00 bits per heavy atom. The van der Waals surface area contributed by atoms with Gasteiger partial charge in [-0.15, -0.1) is 12.4 Å². The number of halogens is 2. The molecule has 0 fully saturated rings. The number of carboxylic acids is 1. The first-order valence-corrected chi connectivity index (χ1v) is 3.21. The van der Waals surface area contributed by atoms with Crippen LogP contribution in [-0.2, 0) is 0 Å². The van der Waals surface area contributed by atoms with Crippen molar-refractivity contribution in [1.82, 2.24) is 0 Å². The third kappa shape index (κ3) is 2.03. The summed E-state index contributed by atoms with van der Waals surface area (Å²) in [5.74, 6) is -1.36. The number of phenols is 1. The predicted molar refractivity (Wildman–Crippen MR) is 47.3 cm³/mol. The number of phenolic OH excluding ortho intramolecular Hbond substituents is 1. The standard InChI is InChI=1S/C7H5ClO3.ClH/c8-6-4(7(10)11)2-1-3-5(6)9;/h1-3,9H,(H,10,11);1H. The topological polar surface area (TPSA) is 57.5 Å². The minimum absolute atomic E-state index is 0. The number of carbonyl (C=O) groups is 1. The first-order valence-electron chi connectivity index (χ1n) is 2.83. The van der Waals surface area contributed by atoms with Crippen LogP contribution in [0.4, 0.5) is 0 Å². The molecule has 0 aliphatic carbocycles. The maximum atomic E-state index is 10.4. The summed E-state index contributed by atoms with van der Waals surface area (Å²) in [6.45, 7) is 0. The van der Waals surface area contributed by atoms with Crippen molar-refractivity contribution in [1.29, 1.82) is 0 Å². The van der Waals surface area contributed by atoms with Gasteiger partial charge in [0.05, 0.1) is 10.6 Å². The molecule has 12 heavy (non-hydrogen) atoms. The number of benzene rings is 1. The lowest BCUT2D eigenvalue weighted by Crippen LogP contribution is -1.96. The van der Waals surface area contributed by atoms with E-state index in [1.165, 1.54) is 18.2 Å². The van der Waals surface area contributed by atoms with Crippen LogP contribution in [0.25, 0.3) is 0 Å². The highest BCUT2D eigenvalue weighted by atomic mass is 35.5. The number of carboxylic acid groups (broad SMARTS) is 1. The Morgan fingerprint density at radius 1 is 1.42 bits per heavy atom. The van der Waals surface area contributed by atoms with Crippen LogP contribution >= 0.6 is 24.0 Å². The van der Waals surface area contributed by atoms with Gasteiger partial charge in [-0.2, -0.15) is 0 Å². The molecule has 0 aliphatic rings. The average molecular weight is 209 g/mol. The molecule has 1 rings (SSSR count). The molecule has 1 aromatic rings. The lowest BCUT2D eigenvalue weighted by Gasteiger charge is -1.98. The first kappa shape index (κ1) is 11.1. The largest absolute Gasteiger partial charge is 0.506 e. The third-order valence-corrected chi connectivity index (χ3v) is 1.61.